The van der Waals surface area contributed by atoms with Crippen LogP contribution in [0.2, 0.25) is 0 Å². The molecule has 0 heterocycles. The van der Waals surface area contributed by atoms with E-state index in [1.54, 1.807) is 0 Å². The molecule has 0 amide bonds. The quantitative estimate of drug-likeness (QED) is 0.463. The fourth-order valence-electron chi connectivity index (χ4n) is 0.930. The maximum absolute atomic E-state index is 7.46. The van der Waals surface area contributed by atoms with Crippen LogP contribution < -0.4 is 0 Å². The molecule has 0 aliphatic heterocycles. The lowest BCUT2D eigenvalue weighted by Crippen LogP contribution is -2.17. The smallest absolute Gasteiger partial charge is 0.363 e. The molecule has 0 unspecified atom stereocenters. The Morgan fingerprint density at radius 3 is 2.67 bits per heavy atom. The van der Waals surface area contributed by atoms with Crippen LogP contribution in [0.5, 0.6) is 0 Å². The number of nitrogens with zero attached hydrogens (tertiary/aromatic N) is 2. The Morgan fingerprint density at radius 2 is 2.25 bits per heavy atom. The van der Waals surface area contributed by atoms with Crippen LogP contribution in [-0.4, -0.2) is 40.8 Å². The van der Waals surface area contributed by atoms with E-state index in [2.05, 4.69) is 4.99 Å². The number of hydrogen-bond donors (Lipinski definition) is 0. The zero-order chi connectivity index (χ0) is 11.1. The summed E-state index contributed by atoms with van der Waals surface area (Å²) < 4.78 is 16.8. The standard InChI is InChI=1S/C9H17N2.Al.2H/c1-5-10-8(3)7-9(4)11-6-2;;;/h7H,5-6H2,1-4H3;;;/q-1;+1;;/b8-7-,11-9?;;;/i;;2*1+1. The van der Waals surface area contributed by atoms with E-state index in [-0.39, 0.29) is 0 Å². The molecule has 0 fully saturated rings. The summed E-state index contributed by atoms with van der Waals surface area (Å²) in [7, 11) is 0. The van der Waals surface area contributed by atoms with Gasteiger partial charge >= 0.3 is 16.2 Å². The third-order valence-electron chi connectivity index (χ3n) is 1.62. The van der Waals surface area contributed by atoms with Gasteiger partial charge in [0.05, 0.1) is 0 Å². The first kappa shape index (κ1) is 8.35. The molecule has 0 N–H and O–H groups in total. The highest BCUT2D eigenvalue weighted by Crippen LogP contribution is 1.98. The molecule has 12 heavy (non-hydrogen) atoms. The summed E-state index contributed by atoms with van der Waals surface area (Å²) in [4.78, 5) is 4.25. The third kappa shape index (κ3) is 4.59. The Balaban J connectivity index is 4.56. The van der Waals surface area contributed by atoms with Gasteiger partial charge in [0.2, 0.25) is 0 Å². The van der Waals surface area contributed by atoms with E-state index >= 15 is 0 Å². The first-order valence-electron chi connectivity index (χ1n) is 5.48. The SMILES string of the molecule is [2H][Al]([2H])[N](CC)/C(C)=C\C(C)=NCC. The Kier molecular flexibility index (Phi) is 4.37. The van der Waals surface area contributed by atoms with Gasteiger partial charge in [0, 0.05) is 12.3 Å². The van der Waals surface area contributed by atoms with Gasteiger partial charge in [-0.05, 0) is 47.9 Å². The zero-order valence-electron chi connectivity index (χ0n) is 10.5. The second-order valence-corrected chi connectivity index (χ2v) is 3.31. The highest BCUT2D eigenvalue weighted by molar-refractivity contribution is 6.06. The van der Waals surface area contributed by atoms with Gasteiger partial charge in [-0.25, -0.2) is 0 Å². The van der Waals surface area contributed by atoms with Crippen molar-refractivity contribution in [2.24, 2.45) is 4.99 Å². The van der Waals surface area contributed by atoms with Gasteiger partial charge in [-0.2, -0.15) is 0 Å². The summed E-state index contributed by atoms with van der Waals surface area (Å²) in [5, 5.41) is 0. The first-order valence-corrected chi connectivity index (χ1v) is 4.85. The lowest BCUT2D eigenvalue weighted by molar-refractivity contribution is 0.587. The highest BCUT2D eigenvalue weighted by Gasteiger charge is 1.94. The molecule has 0 aliphatic rings. The van der Waals surface area contributed by atoms with E-state index in [1.165, 1.54) is 0 Å². The average molecular weight is 184 g/mol. The van der Waals surface area contributed by atoms with Crippen LogP contribution in [0.1, 0.15) is 27.7 Å². The summed E-state index contributed by atoms with van der Waals surface area (Å²) in [5.74, 6) is 0. The predicted octanol–water partition coefficient (Wildman–Crippen LogP) is 1.24. The molecular formula is C9H19AlN2. The minimum Gasteiger partial charge on any atom is -0.472 e. The van der Waals surface area contributed by atoms with E-state index in [4.69, 9.17) is 1.88 Å². The van der Waals surface area contributed by atoms with E-state index in [0.29, 0.717) is 0 Å². The number of hydrogen-bond acceptors (Lipinski definition) is 2. The fraction of sp³-hybridized carbons (Fsp3) is 0.667. The fourth-order valence-corrected chi connectivity index (χ4v) is 1.00. The zero-order valence-corrected chi connectivity index (χ0v) is 9.62. The van der Waals surface area contributed by atoms with Crippen LogP contribution in [0.15, 0.2) is 16.8 Å². The van der Waals surface area contributed by atoms with Crippen molar-refractivity contribution in [3.8, 4) is 0 Å². The minimum absolute atomic E-state index is 0.742. The van der Waals surface area contributed by atoms with E-state index in [1.807, 2.05) is 37.7 Å². The van der Waals surface area contributed by atoms with Crippen molar-refractivity contribution in [3.05, 3.63) is 11.8 Å². The van der Waals surface area contributed by atoms with E-state index < -0.39 is 16.2 Å². The van der Waals surface area contributed by atoms with Crippen molar-refractivity contribution in [3.63, 3.8) is 0 Å². The first-order chi connectivity index (χ1) is 6.52. The molecular weight excluding hydrogens is 163 g/mol. The largest absolute Gasteiger partial charge is 0.472 e. The second kappa shape index (κ2) is 6.28. The molecule has 0 aromatic heterocycles. The Labute approximate surface area is 85.7 Å². The van der Waals surface area contributed by atoms with Crippen LogP contribution >= 0.6 is 0 Å². The molecule has 0 atom stereocenters. The van der Waals surface area contributed by atoms with Crippen molar-refractivity contribution >= 4 is 21.9 Å². The summed E-state index contributed by atoms with van der Waals surface area (Å²) >= 11 is -2.21. The monoisotopic (exact) mass is 184 g/mol. The second-order valence-electron chi connectivity index (χ2n) is 2.69. The van der Waals surface area contributed by atoms with Crippen molar-refractivity contribution in [1.82, 2.24) is 3.88 Å². The third-order valence-corrected chi connectivity index (χ3v) is 2.39. The summed E-state index contributed by atoms with van der Waals surface area (Å²) in [6.07, 6.45) is 1.95. The van der Waals surface area contributed by atoms with Crippen molar-refractivity contribution in [2.45, 2.75) is 27.7 Å². The van der Waals surface area contributed by atoms with Gasteiger partial charge in [-0.15, -0.1) is 0 Å². The van der Waals surface area contributed by atoms with Crippen LogP contribution in [0.25, 0.3) is 0 Å². The van der Waals surface area contributed by atoms with Gasteiger partial charge in [0.15, 0.2) is 0 Å². The normalized spacial score (nSPS) is 15.3. The molecule has 0 saturated carbocycles. The molecule has 0 radical (unpaired) electrons. The molecule has 0 rings (SSSR count). The van der Waals surface area contributed by atoms with Gasteiger partial charge in [0.25, 0.3) is 0 Å². The molecule has 0 aromatic carbocycles. The van der Waals surface area contributed by atoms with Gasteiger partial charge in [-0.1, -0.05) is 0 Å². The van der Waals surface area contributed by atoms with Gasteiger partial charge < -0.3 is 3.88 Å². The summed E-state index contributed by atoms with van der Waals surface area (Å²) in [6.45, 7) is 9.39. The van der Waals surface area contributed by atoms with Crippen LogP contribution in [0.3, 0.4) is 0 Å². The molecule has 68 valence electrons. The lowest BCUT2D eigenvalue weighted by atomic mass is 10.3. The molecule has 0 aromatic rings. The van der Waals surface area contributed by atoms with Crippen LogP contribution in [0.4, 0.5) is 0 Å². The lowest BCUT2D eigenvalue weighted by Gasteiger charge is -2.18. The Bertz CT molecular complexity index is 227. The van der Waals surface area contributed by atoms with E-state index in [0.717, 1.165) is 24.5 Å². The number of aliphatic imine (C=N–C) groups is 1. The maximum Gasteiger partial charge on any atom is 0.363 e. The molecule has 0 spiro atoms. The van der Waals surface area contributed by atoms with Crippen molar-refractivity contribution in [2.75, 3.05) is 13.1 Å². The minimum atomic E-state index is -2.21. The summed E-state index contributed by atoms with van der Waals surface area (Å²) in [5.41, 5.74) is 1.96. The van der Waals surface area contributed by atoms with Crippen LogP contribution in [0, 0.1) is 0 Å². The maximum atomic E-state index is 7.46. The highest BCUT2D eigenvalue weighted by atomic mass is 27.1. The summed E-state index contributed by atoms with van der Waals surface area (Å²) in [6, 6.07) is 0. The Morgan fingerprint density at radius 1 is 1.58 bits per heavy atom. The topological polar surface area (TPSA) is 15.6 Å². The van der Waals surface area contributed by atoms with Crippen LogP contribution in [-0.2, 0) is 0 Å². The van der Waals surface area contributed by atoms with Gasteiger partial charge in [-0.3, -0.25) is 4.99 Å². The Hall–Kier alpha value is -0.258. The number of allylic oxidation sites excluding steroid dienone is 2. The molecule has 0 saturated heterocycles. The molecule has 2 nitrogen and oxygen atoms in total. The van der Waals surface area contributed by atoms with Gasteiger partial charge in [0.1, 0.15) is 0 Å². The number of rotatable bonds is 5. The van der Waals surface area contributed by atoms with Crippen molar-refractivity contribution < 1.29 is 0 Å². The van der Waals surface area contributed by atoms with Crippen molar-refractivity contribution in [1.29, 1.82) is 1.88 Å². The predicted molar refractivity (Wildman–Crippen MR) is 58.3 cm³/mol. The molecule has 0 aliphatic carbocycles. The average Bonchev–Trinajstić information content (AvgIpc) is 2.04. The molecule has 0 bridgehead atoms. The molecule has 3 heteroatoms. The van der Waals surface area contributed by atoms with E-state index in [9.17, 15) is 0 Å².